The van der Waals surface area contributed by atoms with Gasteiger partial charge in [0, 0.05) is 50.6 Å². The highest BCUT2D eigenvalue weighted by molar-refractivity contribution is 5.94. The van der Waals surface area contributed by atoms with Crippen molar-refractivity contribution < 1.29 is 8.78 Å². The number of imidazole rings is 1. The summed E-state index contributed by atoms with van der Waals surface area (Å²) in [7, 11) is 0. The molecule has 0 atom stereocenters. The number of nitrogens with zero attached hydrogens (tertiary/aromatic N) is 7. The molecule has 5 aromatic rings. The zero-order valence-electron chi connectivity index (χ0n) is 20.8. The van der Waals surface area contributed by atoms with Crippen LogP contribution in [0.5, 0.6) is 0 Å². The van der Waals surface area contributed by atoms with Crippen molar-refractivity contribution in [2.45, 2.75) is 38.2 Å². The summed E-state index contributed by atoms with van der Waals surface area (Å²) in [6.45, 7) is 2.61. The molecule has 2 aliphatic heterocycles. The number of pyridine rings is 3. The Balaban J connectivity index is 1.22. The minimum Gasteiger partial charge on any atom is -0.368 e. The number of aromatic nitrogens is 7. The monoisotopic (exact) mass is 515 g/mol. The molecule has 7 heterocycles. The second-order valence-electron chi connectivity index (χ2n) is 10.3. The van der Waals surface area contributed by atoms with Gasteiger partial charge in [0.2, 0.25) is 0 Å². The minimum absolute atomic E-state index is 0.0982. The standard InChI is InChI=1S/C27H27F2N9/c28-27(29)6-9-37(16-27)15-17-10-18(12-30-11-17)19-4-5-20-24(32-19)25(36-35-20)26-33-21-13-31-14-22(23(21)34-26)38-7-2-1-3-8-38/h4-5,10-14H,1-3,6-9,15-16H2,(H,33,34)(H,35,36). The SMILES string of the molecule is FC1(F)CCN(Cc2cncc(-c3ccc4[nH]nc(-c5nc6c(N7CCCCC7)cncc6[nH]5)c4n3)c2)C1. The van der Waals surface area contributed by atoms with Gasteiger partial charge in [-0.05, 0) is 43.0 Å². The van der Waals surface area contributed by atoms with E-state index in [4.69, 9.17) is 9.97 Å². The van der Waals surface area contributed by atoms with Gasteiger partial charge < -0.3 is 9.88 Å². The van der Waals surface area contributed by atoms with Crippen molar-refractivity contribution in [2.75, 3.05) is 31.1 Å². The van der Waals surface area contributed by atoms with E-state index in [0.717, 1.165) is 52.1 Å². The molecule has 5 aromatic heterocycles. The molecule has 194 valence electrons. The molecule has 7 rings (SSSR count). The van der Waals surface area contributed by atoms with Crippen LogP contribution >= 0.6 is 0 Å². The third-order valence-electron chi connectivity index (χ3n) is 7.45. The molecule has 0 amide bonds. The number of aromatic amines is 2. The number of anilines is 1. The Kier molecular flexibility index (Phi) is 5.54. The number of H-pyrrole nitrogens is 2. The number of likely N-dealkylation sites (tertiary alicyclic amines) is 1. The highest BCUT2D eigenvalue weighted by atomic mass is 19.3. The molecule has 2 aliphatic rings. The molecule has 0 aliphatic carbocycles. The van der Waals surface area contributed by atoms with Gasteiger partial charge in [0.05, 0.1) is 41.4 Å². The number of halogens is 2. The lowest BCUT2D eigenvalue weighted by Crippen LogP contribution is -2.29. The maximum absolute atomic E-state index is 13.6. The fourth-order valence-corrected chi connectivity index (χ4v) is 5.54. The number of nitrogens with one attached hydrogen (secondary N) is 2. The summed E-state index contributed by atoms with van der Waals surface area (Å²) in [4.78, 5) is 26.1. The normalized spacial score (nSPS) is 18.1. The Bertz CT molecular complexity index is 1620. The summed E-state index contributed by atoms with van der Waals surface area (Å²) >= 11 is 0. The highest BCUT2D eigenvalue weighted by Crippen LogP contribution is 2.32. The van der Waals surface area contributed by atoms with Crippen LogP contribution in [0.3, 0.4) is 0 Å². The van der Waals surface area contributed by atoms with Crippen LogP contribution in [-0.2, 0) is 6.54 Å². The van der Waals surface area contributed by atoms with Crippen LogP contribution in [-0.4, -0.2) is 72.1 Å². The third-order valence-corrected chi connectivity index (χ3v) is 7.45. The second-order valence-corrected chi connectivity index (χ2v) is 10.3. The number of fused-ring (bicyclic) bond motifs is 2. The largest absolute Gasteiger partial charge is 0.368 e. The lowest BCUT2D eigenvalue weighted by Gasteiger charge is -2.28. The quantitative estimate of drug-likeness (QED) is 0.347. The van der Waals surface area contributed by atoms with Gasteiger partial charge in [-0.2, -0.15) is 5.10 Å². The van der Waals surface area contributed by atoms with Gasteiger partial charge in [0.1, 0.15) is 11.0 Å². The molecule has 0 spiro atoms. The Morgan fingerprint density at radius 1 is 0.895 bits per heavy atom. The summed E-state index contributed by atoms with van der Waals surface area (Å²) in [6.07, 6.45) is 10.7. The van der Waals surface area contributed by atoms with Crippen LogP contribution in [0.4, 0.5) is 14.5 Å². The molecule has 11 heteroatoms. The predicted molar refractivity (Wildman–Crippen MR) is 141 cm³/mol. The maximum Gasteiger partial charge on any atom is 0.261 e. The first kappa shape index (κ1) is 23.2. The zero-order chi connectivity index (χ0) is 25.7. The number of hydrogen-bond acceptors (Lipinski definition) is 7. The van der Waals surface area contributed by atoms with E-state index in [1.54, 1.807) is 23.5 Å². The summed E-state index contributed by atoms with van der Waals surface area (Å²) in [6, 6.07) is 5.81. The van der Waals surface area contributed by atoms with Gasteiger partial charge in [0.25, 0.3) is 5.92 Å². The van der Waals surface area contributed by atoms with Crippen molar-refractivity contribution in [1.82, 2.24) is 40.0 Å². The van der Waals surface area contributed by atoms with Crippen LogP contribution in [0.2, 0.25) is 0 Å². The Labute approximate surface area is 217 Å². The smallest absolute Gasteiger partial charge is 0.261 e. The molecule has 2 fully saturated rings. The molecule has 38 heavy (non-hydrogen) atoms. The van der Waals surface area contributed by atoms with E-state index in [9.17, 15) is 8.78 Å². The fourth-order valence-electron chi connectivity index (χ4n) is 5.54. The van der Waals surface area contributed by atoms with E-state index in [-0.39, 0.29) is 13.0 Å². The zero-order valence-corrected chi connectivity index (χ0v) is 20.8. The van der Waals surface area contributed by atoms with Crippen LogP contribution in [0, 0.1) is 0 Å². The Morgan fingerprint density at radius 2 is 1.76 bits per heavy atom. The van der Waals surface area contributed by atoms with E-state index in [0.29, 0.717) is 30.1 Å². The molecule has 0 saturated carbocycles. The molecule has 2 saturated heterocycles. The molecule has 9 nitrogen and oxygen atoms in total. The Morgan fingerprint density at radius 3 is 2.61 bits per heavy atom. The van der Waals surface area contributed by atoms with E-state index in [1.807, 2.05) is 24.4 Å². The van der Waals surface area contributed by atoms with Crippen molar-refractivity contribution in [3.8, 4) is 22.8 Å². The molecule has 2 N–H and O–H groups in total. The summed E-state index contributed by atoms with van der Waals surface area (Å²) in [5.74, 6) is -1.99. The predicted octanol–water partition coefficient (Wildman–Crippen LogP) is 4.79. The lowest BCUT2D eigenvalue weighted by atomic mass is 10.1. The first-order valence-electron chi connectivity index (χ1n) is 13.0. The summed E-state index contributed by atoms with van der Waals surface area (Å²) < 4.78 is 27.3. The number of alkyl halides is 2. The summed E-state index contributed by atoms with van der Waals surface area (Å²) in [5, 5.41) is 7.59. The molecule has 0 radical (unpaired) electrons. The Hall–Kier alpha value is -3.99. The average molecular weight is 516 g/mol. The second kappa shape index (κ2) is 9.09. The summed E-state index contributed by atoms with van der Waals surface area (Å²) in [5.41, 5.74) is 7.33. The number of piperidine rings is 1. The first-order chi connectivity index (χ1) is 18.5. The van der Waals surface area contributed by atoms with Gasteiger partial charge in [0.15, 0.2) is 11.5 Å². The van der Waals surface area contributed by atoms with Crippen LogP contribution < -0.4 is 4.90 Å². The van der Waals surface area contributed by atoms with E-state index in [1.165, 1.54) is 19.3 Å². The van der Waals surface area contributed by atoms with Crippen molar-refractivity contribution in [1.29, 1.82) is 0 Å². The van der Waals surface area contributed by atoms with Gasteiger partial charge in [-0.15, -0.1) is 0 Å². The van der Waals surface area contributed by atoms with Gasteiger partial charge in [-0.3, -0.25) is 20.0 Å². The van der Waals surface area contributed by atoms with E-state index in [2.05, 4.69) is 30.0 Å². The lowest BCUT2D eigenvalue weighted by molar-refractivity contribution is 0.0115. The molecule has 0 unspecified atom stereocenters. The van der Waals surface area contributed by atoms with Crippen LogP contribution in [0.25, 0.3) is 44.8 Å². The van der Waals surface area contributed by atoms with E-state index < -0.39 is 5.92 Å². The van der Waals surface area contributed by atoms with Gasteiger partial charge in [-0.1, -0.05) is 0 Å². The van der Waals surface area contributed by atoms with Crippen molar-refractivity contribution >= 4 is 27.8 Å². The van der Waals surface area contributed by atoms with Gasteiger partial charge >= 0.3 is 0 Å². The van der Waals surface area contributed by atoms with Gasteiger partial charge in [-0.25, -0.2) is 18.7 Å². The highest BCUT2D eigenvalue weighted by Gasteiger charge is 2.37. The minimum atomic E-state index is -2.61. The van der Waals surface area contributed by atoms with Crippen LogP contribution in [0.1, 0.15) is 31.2 Å². The van der Waals surface area contributed by atoms with Crippen LogP contribution in [0.15, 0.2) is 43.0 Å². The fraction of sp³-hybridized carbons (Fsp3) is 0.370. The van der Waals surface area contributed by atoms with E-state index >= 15 is 0 Å². The number of hydrogen-bond donors (Lipinski definition) is 2. The average Bonchev–Trinajstić information content (AvgIpc) is 3.64. The molecular weight excluding hydrogens is 488 g/mol. The first-order valence-corrected chi connectivity index (χ1v) is 13.0. The molecular formula is C27H27F2N9. The van der Waals surface area contributed by atoms with Crippen molar-refractivity contribution in [3.63, 3.8) is 0 Å². The van der Waals surface area contributed by atoms with Crippen molar-refractivity contribution in [2.24, 2.45) is 0 Å². The molecule has 0 aromatic carbocycles. The van der Waals surface area contributed by atoms with Crippen molar-refractivity contribution in [3.05, 3.63) is 48.5 Å². The topological polar surface area (TPSA) is 103 Å². The molecule has 0 bridgehead atoms. The third kappa shape index (κ3) is 4.26. The number of rotatable bonds is 5. The maximum atomic E-state index is 13.6.